The molecular formula is C18H22F3N3. The number of nitrogens with one attached hydrogen (secondary N) is 1. The Morgan fingerprint density at radius 3 is 2.58 bits per heavy atom. The predicted molar refractivity (Wildman–Crippen MR) is 87.0 cm³/mol. The van der Waals surface area contributed by atoms with Crippen LogP contribution < -0.4 is 5.32 Å². The van der Waals surface area contributed by atoms with Crippen LogP contribution in [-0.2, 0) is 12.7 Å². The molecule has 1 aliphatic carbocycles. The topological polar surface area (TPSA) is 29.9 Å². The molecule has 1 aromatic heterocycles. The van der Waals surface area contributed by atoms with Gasteiger partial charge in [-0.1, -0.05) is 25.3 Å². The van der Waals surface area contributed by atoms with Crippen LogP contribution in [0.15, 0.2) is 30.6 Å². The molecule has 24 heavy (non-hydrogen) atoms. The summed E-state index contributed by atoms with van der Waals surface area (Å²) in [5.41, 5.74) is 2.14. The van der Waals surface area contributed by atoms with Crippen molar-refractivity contribution < 1.29 is 13.2 Å². The van der Waals surface area contributed by atoms with Crippen LogP contribution in [0.1, 0.15) is 48.8 Å². The monoisotopic (exact) mass is 337 g/mol. The Labute approximate surface area is 139 Å². The van der Waals surface area contributed by atoms with Gasteiger partial charge in [-0.15, -0.1) is 0 Å². The van der Waals surface area contributed by atoms with Gasteiger partial charge in [0.1, 0.15) is 0 Å². The van der Waals surface area contributed by atoms with Crippen molar-refractivity contribution in [2.45, 2.75) is 57.8 Å². The summed E-state index contributed by atoms with van der Waals surface area (Å²) in [7, 11) is 0. The van der Waals surface area contributed by atoms with Gasteiger partial charge >= 0.3 is 6.18 Å². The number of alkyl halides is 3. The second-order valence-corrected chi connectivity index (χ2v) is 6.50. The summed E-state index contributed by atoms with van der Waals surface area (Å²) in [6.45, 7) is 2.78. The third-order valence-electron chi connectivity index (χ3n) is 4.69. The molecule has 1 aliphatic rings. The largest absolute Gasteiger partial charge is 0.419 e. The van der Waals surface area contributed by atoms with Gasteiger partial charge in [-0.25, -0.2) is 4.68 Å². The van der Waals surface area contributed by atoms with Crippen LogP contribution in [0.2, 0.25) is 0 Å². The fraction of sp³-hybridized carbons (Fsp3) is 0.500. The van der Waals surface area contributed by atoms with Crippen LogP contribution in [0, 0.1) is 6.92 Å². The molecule has 0 atom stereocenters. The van der Waals surface area contributed by atoms with E-state index in [1.54, 1.807) is 0 Å². The zero-order chi connectivity index (χ0) is 17.2. The van der Waals surface area contributed by atoms with Crippen molar-refractivity contribution in [3.05, 3.63) is 47.3 Å². The maximum atomic E-state index is 12.7. The number of hydrogen-bond donors (Lipinski definition) is 1. The van der Waals surface area contributed by atoms with Crippen LogP contribution in [0.25, 0.3) is 5.69 Å². The summed E-state index contributed by atoms with van der Waals surface area (Å²) in [4.78, 5) is 0. The van der Waals surface area contributed by atoms with Crippen molar-refractivity contribution in [1.82, 2.24) is 15.1 Å². The maximum Gasteiger partial charge on any atom is 0.419 e. The average Bonchev–Trinajstić information content (AvgIpc) is 3.05. The zero-order valence-electron chi connectivity index (χ0n) is 13.7. The van der Waals surface area contributed by atoms with Crippen LogP contribution >= 0.6 is 0 Å². The highest BCUT2D eigenvalue weighted by Crippen LogP contribution is 2.29. The number of aryl methyl sites for hydroxylation is 1. The Morgan fingerprint density at radius 1 is 1.21 bits per heavy atom. The highest BCUT2D eigenvalue weighted by atomic mass is 19.4. The third-order valence-corrected chi connectivity index (χ3v) is 4.69. The van der Waals surface area contributed by atoms with Crippen molar-refractivity contribution in [3.63, 3.8) is 0 Å². The highest BCUT2D eigenvalue weighted by Gasteiger charge is 2.32. The van der Waals surface area contributed by atoms with E-state index in [0.717, 1.165) is 24.5 Å². The molecule has 0 bridgehead atoms. The van der Waals surface area contributed by atoms with E-state index in [1.165, 1.54) is 42.3 Å². The van der Waals surface area contributed by atoms with E-state index in [1.807, 2.05) is 25.1 Å². The Balaban J connectivity index is 1.69. The van der Waals surface area contributed by atoms with Gasteiger partial charge in [0, 0.05) is 18.8 Å². The predicted octanol–water partition coefficient (Wildman–Crippen LogP) is 4.62. The average molecular weight is 337 g/mol. The summed E-state index contributed by atoms with van der Waals surface area (Å²) in [6, 6.07) is 6.25. The minimum atomic E-state index is -4.36. The lowest BCUT2D eigenvalue weighted by molar-refractivity contribution is -0.137. The first-order chi connectivity index (χ1) is 11.4. The first-order valence-electron chi connectivity index (χ1n) is 8.38. The van der Waals surface area contributed by atoms with Crippen molar-refractivity contribution >= 4 is 0 Å². The fourth-order valence-electron chi connectivity index (χ4n) is 3.19. The molecule has 6 heteroatoms. The molecule has 2 aromatic rings. The molecule has 1 N–H and O–H groups in total. The summed E-state index contributed by atoms with van der Waals surface area (Å²) in [6.07, 6.45) is 3.87. The normalized spacial score (nSPS) is 16.5. The lowest BCUT2D eigenvalue weighted by Crippen LogP contribution is -2.30. The minimum Gasteiger partial charge on any atom is -0.310 e. The van der Waals surface area contributed by atoms with Crippen molar-refractivity contribution in [3.8, 4) is 5.69 Å². The van der Waals surface area contributed by atoms with Gasteiger partial charge in [-0.05, 0) is 43.0 Å². The summed E-state index contributed by atoms with van der Waals surface area (Å²) in [5, 5.41) is 7.41. The summed E-state index contributed by atoms with van der Waals surface area (Å²) < 4.78 is 39.3. The number of benzene rings is 1. The molecule has 3 rings (SSSR count). The standard InChI is InChI=1S/C18H22F3N3/c1-13-9-17(24-12-15(11-23-24)18(19,20)21)8-7-14(13)10-22-16-5-3-2-4-6-16/h7-9,11-12,16,22H,2-6,10H2,1H3. The molecule has 1 heterocycles. The number of rotatable bonds is 4. The van der Waals surface area contributed by atoms with Crippen LogP contribution in [0.5, 0.6) is 0 Å². The van der Waals surface area contributed by atoms with Crippen LogP contribution in [0.3, 0.4) is 0 Å². The van der Waals surface area contributed by atoms with Gasteiger partial charge in [0.05, 0.1) is 17.4 Å². The second kappa shape index (κ2) is 6.97. The van der Waals surface area contributed by atoms with Gasteiger partial charge in [-0.3, -0.25) is 0 Å². The van der Waals surface area contributed by atoms with Gasteiger partial charge in [-0.2, -0.15) is 18.3 Å². The third kappa shape index (κ3) is 3.98. The van der Waals surface area contributed by atoms with Crippen LogP contribution in [0.4, 0.5) is 13.2 Å². The first-order valence-corrected chi connectivity index (χ1v) is 8.38. The van der Waals surface area contributed by atoms with E-state index in [9.17, 15) is 13.2 Å². The Kier molecular flexibility index (Phi) is 4.94. The van der Waals surface area contributed by atoms with Gasteiger partial charge < -0.3 is 5.32 Å². The van der Waals surface area contributed by atoms with E-state index in [-0.39, 0.29) is 0 Å². The lowest BCUT2D eigenvalue weighted by Gasteiger charge is -2.23. The van der Waals surface area contributed by atoms with Gasteiger partial charge in [0.15, 0.2) is 0 Å². The molecule has 1 saturated carbocycles. The number of aromatic nitrogens is 2. The van der Waals surface area contributed by atoms with E-state index in [0.29, 0.717) is 11.7 Å². The Bertz CT molecular complexity index is 685. The molecule has 0 spiro atoms. The van der Waals surface area contributed by atoms with E-state index >= 15 is 0 Å². The summed E-state index contributed by atoms with van der Waals surface area (Å²) in [5.74, 6) is 0. The molecule has 0 amide bonds. The molecule has 0 aliphatic heterocycles. The smallest absolute Gasteiger partial charge is 0.310 e. The first kappa shape index (κ1) is 17.0. The van der Waals surface area contributed by atoms with Gasteiger partial charge in [0.2, 0.25) is 0 Å². The summed E-state index contributed by atoms with van der Waals surface area (Å²) >= 11 is 0. The SMILES string of the molecule is Cc1cc(-n2cc(C(F)(F)F)cn2)ccc1CNC1CCCCC1. The molecule has 1 aromatic carbocycles. The molecule has 0 saturated heterocycles. The van der Waals surface area contributed by atoms with E-state index in [2.05, 4.69) is 10.4 Å². The van der Waals surface area contributed by atoms with Gasteiger partial charge in [0.25, 0.3) is 0 Å². The van der Waals surface area contributed by atoms with E-state index < -0.39 is 11.7 Å². The number of hydrogen-bond acceptors (Lipinski definition) is 2. The number of nitrogens with zero attached hydrogens (tertiary/aromatic N) is 2. The molecule has 3 nitrogen and oxygen atoms in total. The van der Waals surface area contributed by atoms with E-state index in [4.69, 9.17) is 0 Å². The van der Waals surface area contributed by atoms with Crippen LogP contribution in [-0.4, -0.2) is 15.8 Å². The molecule has 1 fully saturated rings. The Morgan fingerprint density at radius 2 is 1.96 bits per heavy atom. The Hall–Kier alpha value is -1.82. The zero-order valence-corrected chi connectivity index (χ0v) is 13.7. The molecule has 0 radical (unpaired) electrons. The molecular weight excluding hydrogens is 315 g/mol. The maximum absolute atomic E-state index is 12.7. The lowest BCUT2D eigenvalue weighted by atomic mass is 9.95. The van der Waals surface area contributed by atoms with Crippen molar-refractivity contribution in [2.24, 2.45) is 0 Å². The quantitative estimate of drug-likeness (QED) is 0.882. The van der Waals surface area contributed by atoms with Crippen molar-refractivity contribution in [2.75, 3.05) is 0 Å². The molecule has 130 valence electrons. The van der Waals surface area contributed by atoms with Crippen molar-refractivity contribution in [1.29, 1.82) is 0 Å². The number of halogens is 3. The highest BCUT2D eigenvalue weighted by molar-refractivity contribution is 5.40. The fourth-order valence-corrected chi connectivity index (χ4v) is 3.19. The minimum absolute atomic E-state index is 0.582. The second-order valence-electron chi connectivity index (χ2n) is 6.50. The molecule has 0 unspecified atom stereocenters.